The molecule has 0 aliphatic heterocycles. The van der Waals surface area contributed by atoms with Gasteiger partial charge in [0.15, 0.2) is 0 Å². The van der Waals surface area contributed by atoms with E-state index in [0.717, 1.165) is 0 Å². The van der Waals surface area contributed by atoms with Gasteiger partial charge in [0.05, 0.1) is 5.02 Å². The molecular formula is C14H12Cl2N2O2. The lowest BCUT2D eigenvalue weighted by Gasteiger charge is -2.21. The van der Waals surface area contributed by atoms with E-state index >= 15 is 0 Å². The third-order valence-corrected chi connectivity index (χ3v) is 3.23. The zero-order valence-corrected chi connectivity index (χ0v) is 12.2. The third kappa shape index (κ3) is 3.03. The van der Waals surface area contributed by atoms with Crippen molar-refractivity contribution < 1.29 is 9.90 Å². The maximum atomic E-state index is 12.5. The van der Waals surface area contributed by atoms with Crippen LogP contribution in [0.15, 0.2) is 36.4 Å². The summed E-state index contributed by atoms with van der Waals surface area (Å²) in [5, 5.41) is 9.94. The van der Waals surface area contributed by atoms with E-state index in [4.69, 9.17) is 23.2 Å². The number of phenolic OH excluding ortho intramolecular Hbond substituents is 1. The third-order valence-electron chi connectivity index (χ3n) is 2.72. The van der Waals surface area contributed by atoms with E-state index in [0.29, 0.717) is 12.2 Å². The number of aromatic hydroxyl groups is 1. The Labute approximate surface area is 126 Å². The van der Waals surface area contributed by atoms with E-state index in [1.165, 1.54) is 29.2 Å². The van der Waals surface area contributed by atoms with Gasteiger partial charge in [-0.1, -0.05) is 29.3 Å². The molecule has 0 aliphatic carbocycles. The Bertz CT molecular complexity index is 647. The van der Waals surface area contributed by atoms with E-state index in [2.05, 4.69) is 4.98 Å². The number of carbonyl (C=O) groups is 1. The van der Waals surface area contributed by atoms with E-state index in [9.17, 15) is 9.90 Å². The van der Waals surface area contributed by atoms with Crippen molar-refractivity contribution in [2.75, 3.05) is 11.4 Å². The number of aromatic nitrogens is 1. The van der Waals surface area contributed by atoms with Crippen molar-refractivity contribution in [1.82, 2.24) is 4.98 Å². The molecule has 0 atom stereocenters. The number of hydrogen-bond acceptors (Lipinski definition) is 3. The van der Waals surface area contributed by atoms with Gasteiger partial charge in [0.1, 0.15) is 16.6 Å². The van der Waals surface area contributed by atoms with Crippen LogP contribution in [0.2, 0.25) is 10.2 Å². The molecule has 2 rings (SSSR count). The van der Waals surface area contributed by atoms with E-state index < -0.39 is 0 Å². The lowest BCUT2D eigenvalue weighted by molar-refractivity contribution is 0.0983. The summed E-state index contributed by atoms with van der Waals surface area (Å²) in [4.78, 5) is 17.9. The molecule has 0 aliphatic rings. The molecule has 1 amide bonds. The van der Waals surface area contributed by atoms with Gasteiger partial charge in [0.25, 0.3) is 5.91 Å². The second kappa shape index (κ2) is 6.11. The zero-order valence-electron chi connectivity index (χ0n) is 10.7. The fraction of sp³-hybridized carbons (Fsp3) is 0.143. The quantitative estimate of drug-likeness (QED) is 0.878. The number of nitrogens with zero attached hydrogens (tertiary/aromatic N) is 2. The molecule has 4 nitrogen and oxygen atoms in total. The van der Waals surface area contributed by atoms with Crippen molar-refractivity contribution in [2.45, 2.75) is 6.92 Å². The van der Waals surface area contributed by atoms with Gasteiger partial charge in [-0.05, 0) is 31.2 Å². The first kappa shape index (κ1) is 14.6. The van der Waals surface area contributed by atoms with Gasteiger partial charge in [0.2, 0.25) is 0 Å². The number of hydrogen-bond donors (Lipinski definition) is 1. The van der Waals surface area contributed by atoms with Gasteiger partial charge in [-0.15, -0.1) is 0 Å². The largest absolute Gasteiger partial charge is 0.508 e. The zero-order chi connectivity index (χ0) is 14.7. The minimum atomic E-state index is -0.370. The second-order valence-corrected chi connectivity index (χ2v) is 4.83. The first-order chi connectivity index (χ1) is 9.52. The molecule has 1 aromatic heterocycles. The number of benzene rings is 1. The molecule has 1 heterocycles. The highest BCUT2D eigenvalue weighted by Crippen LogP contribution is 2.24. The summed E-state index contributed by atoms with van der Waals surface area (Å²) in [5.74, 6) is -0.287. The molecule has 2 aromatic rings. The molecule has 1 N–H and O–H groups in total. The predicted molar refractivity (Wildman–Crippen MR) is 79.7 cm³/mol. The summed E-state index contributed by atoms with van der Waals surface area (Å²) in [7, 11) is 0. The summed E-state index contributed by atoms with van der Waals surface area (Å²) in [6.07, 6.45) is 0. The van der Waals surface area contributed by atoms with Crippen LogP contribution in [0.3, 0.4) is 0 Å². The maximum Gasteiger partial charge on any atom is 0.278 e. The highest BCUT2D eigenvalue weighted by molar-refractivity contribution is 6.35. The van der Waals surface area contributed by atoms with Gasteiger partial charge in [-0.3, -0.25) is 4.79 Å². The summed E-state index contributed by atoms with van der Waals surface area (Å²) in [6, 6.07) is 9.46. The first-order valence-electron chi connectivity index (χ1n) is 5.96. The van der Waals surface area contributed by atoms with Gasteiger partial charge in [-0.2, -0.15) is 0 Å². The van der Waals surface area contributed by atoms with Crippen LogP contribution in [0, 0.1) is 0 Å². The summed E-state index contributed by atoms with van der Waals surface area (Å²) >= 11 is 11.8. The molecule has 0 bridgehead atoms. The molecule has 0 spiro atoms. The van der Waals surface area contributed by atoms with Crippen LogP contribution in [0.5, 0.6) is 5.75 Å². The van der Waals surface area contributed by atoms with Crippen molar-refractivity contribution in [1.29, 1.82) is 0 Å². The maximum absolute atomic E-state index is 12.5. The Morgan fingerprint density at radius 1 is 1.30 bits per heavy atom. The van der Waals surface area contributed by atoms with Crippen LogP contribution in [-0.2, 0) is 0 Å². The molecular weight excluding hydrogens is 299 g/mol. The average Bonchev–Trinajstić information content (AvgIpc) is 2.42. The van der Waals surface area contributed by atoms with Crippen LogP contribution in [0.4, 0.5) is 5.69 Å². The number of rotatable bonds is 3. The van der Waals surface area contributed by atoms with Crippen molar-refractivity contribution in [2.24, 2.45) is 0 Å². The molecule has 6 heteroatoms. The van der Waals surface area contributed by atoms with Crippen molar-refractivity contribution in [3.8, 4) is 5.75 Å². The fourth-order valence-corrected chi connectivity index (χ4v) is 2.13. The standard InChI is InChI=1S/C14H12Cl2N2O2/c1-2-18(9-4-3-5-10(19)8-9)14(20)13-11(15)6-7-12(16)17-13/h3-8,19H,2H2,1H3. The predicted octanol–water partition coefficient (Wildman–Crippen LogP) is 3.76. The van der Waals surface area contributed by atoms with Gasteiger partial charge < -0.3 is 10.0 Å². The Balaban J connectivity index is 2.41. The molecule has 104 valence electrons. The monoisotopic (exact) mass is 310 g/mol. The van der Waals surface area contributed by atoms with Crippen molar-refractivity contribution >= 4 is 34.8 Å². The minimum absolute atomic E-state index is 0.0823. The Kier molecular flexibility index (Phi) is 4.47. The fourth-order valence-electron chi connectivity index (χ4n) is 1.80. The molecule has 20 heavy (non-hydrogen) atoms. The van der Waals surface area contributed by atoms with Gasteiger partial charge in [-0.25, -0.2) is 4.98 Å². The van der Waals surface area contributed by atoms with Crippen LogP contribution < -0.4 is 4.90 Å². The number of halogens is 2. The normalized spacial score (nSPS) is 10.3. The molecule has 0 unspecified atom stereocenters. The Hall–Kier alpha value is -1.78. The average molecular weight is 311 g/mol. The Morgan fingerprint density at radius 3 is 2.70 bits per heavy atom. The first-order valence-corrected chi connectivity index (χ1v) is 6.71. The SMILES string of the molecule is CCN(C(=O)c1nc(Cl)ccc1Cl)c1cccc(O)c1. The molecule has 1 aromatic carbocycles. The molecule has 0 saturated carbocycles. The van der Waals surface area contributed by atoms with E-state index in [1.807, 2.05) is 6.92 Å². The number of amides is 1. The number of pyridine rings is 1. The highest BCUT2D eigenvalue weighted by atomic mass is 35.5. The summed E-state index contributed by atoms with van der Waals surface area (Å²) in [6.45, 7) is 2.23. The van der Waals surface area contributed by atoms with Crippen molar-refractivity contribution in [3.05, 3.63) is 52.3 Å². The van der Waals surface area contributed by atoms with Crippen LogP contribution in [0.1, 0.15) is 17.4 Å². The van der Waals surface area contributed by atoms with Gasteiger partial charge in [0, 0.05) is 18.3 Å². The van der Waals surface area contributed by atoms with Gasteiger partial charge >= 0.3 is 0 Å². The minimum Gasteiger partial charge on any atom is -0.508 e. The smallest absolute Gasteiger partial charge is 0.278 e. The molecule has 0 fully saturated rings. The van der Waals surface area contributed by atoms with Crippen LogP contribution in [0.25, 0.3) is 0 Å². The summed E-state index contributed by atoms with van der Waals surface area (Å²) < 4.78 is 0. The Morgan fingerprint density at radius 2 is 2.05 bits per heavy atom. The topological polar surface area (TPSA) is 53.4 Å². The lowest BCUT2D eigenvalue weighted by atomic mass is 10.2. The van der Waals surface area contributed by atoms with Crippen LogP contribution >= 0.6 is 23.2 Å². The highest BCUT2D eigenvalue weighted by Gasteiger charge is 2.20. The second-order valence-electron chi connectivity index (χ2n) is 4.03. The van der Waals surface area contributed by atoms with E-state index in [1.54, 1.807) is 12.1 Å². The van der Waals surface area contributed by atoms with Crippen molar-refractivity contribution in [3.63, 3.8) is 0 Å². The van der Waals surface area contributed by atoms with Crippen LogP contribution in [-0.4, -0.2) is 22.5 Å². The number of phenols is 1. The summed E-state index contributed by atoms with van der Waals surface area (Å²) in [5.41, 5.74) is 0.653. The number of carbonyl (C=O) groups excluding carboxylic acids is 1. The molecule has 0 radical (unpaired) electrons. The van der Waals surface area contributed by atoms with E-state index in [-0.39, 0.29) is 27.5 Å². The lowest BCUT2D eigenvalue weighted by Crippen LogP contribution is -2.31. The molecule has 0 saturated heterocycles. The number of anilines is 1.